The topological polar surface area (TPSA) is 59.0 Å². The lowest BCUT2D eigenvalue weighted by atomic mass is 10.1. The monoisotopic (exact) mass is 550 g/mol. The van der Waals surface area contributed by atoms with Gasteiger partial charge in [0.15, 0.2) is 12.6 Å². The van der Waals surface area contributed by atoms with Crippen molar-refractivity contribution in [1.82, 2.24) is 15.2 Å². The van der Waals surface area contributed by atoms with Crippen LogP contribution in [0.3, 0.4) is 0 Å². The molecular weight excluding hydrogens is 524 g/mol. The molecule has 1 aliphatic rings. The van der Waals surface area contributed by atoms with Gasteiger partial charge in [0.2, 0.25) is 5.88 Å². The molecule has 0 bridgehead atoms. The van der Waals surface area contributed by atoms with E-state index in [2.05, 4.69) is 20.2 Å². The van der Waals surface area contributed by atoms with Crippen LogP contribution >= 0.6 is 24.0 Å². The number of nitrogens with zero attached hydrogens (tertiary/aromatic N) is 3. The first-order valence-electron chi connectivity index (χ1n) is 9.75. The Balaban J connectivity index is 0.00000341. The van der Waals surface area contributed by atoms with Crippen LogP contribution in [0.25, 0.3) is 0 Å². The second kappa shape index (κ2) is 12.0. The Labute approximate surface area is 196 Å². The predicted molar refractivity (Wildman–Crippen MR) is 123 cm³/mol. The molecule has 31 heavy (non-hydrogen) atoms. The number of ether oxygens (including phenoxy) is 2. The van der Waals surface area contributed by atoms with E-state index in [4.69, 9.17) is 9.47 Å². The fourth-order valence-corrected chi connectivity index (χ4v) is 3.19. The second-order valence-electron chi connectivity index (χ2n) is 6.92. The molecule has 170 valence electrons. The fourth-order valence-electron chi connectivity index (χ4n) is 3.19. The predicted octanol–water partition coefficient (Wildman–Crippen LogP) is 4.26. The molecule has 0 saturated carbocycles. The number of para-hydroxylation sites is 1. The molecule has 6 nitrogen and oxygen atoms in total. The normalized spacial score (nSPS) is 15.2. The van der Waals surface area contributed by atoms with E-state index in [9.17, 15) is 13.2 Å². The molecule has 0 spiro atoms. The van der Waals surface area contributed by atoms with Gasteiger partial charge in [0.05, 0.1) is 0 Å². The number of guanidine groups is 1. The van der Waals surface area contributed by atoms with Gasteiger partial charge in [-0.2, -0.15) is 13.2 Å². The third kappa shape index (κ3) is 8.42. The summed E-state index contributed by atoms with van der Waals surface area (Å²) in [5.41, 5.74) is 0.755. The summed E-state index contributed by atoms with van der Waals surface area (Å²) in [5.74, 6) is 1.56. The summed E-state index contributed by atoms with van der Waals surface area (Å²) < 4.78 is 47.6. The smallest absolute Gasteiger partial charge is 0.422 e. The molecule has 1 N–H and O–H groups in total. The number of rotatable bonds is 6. The Morgan fingerprint density at radius 3 is 2.55 bits per heavy atom. The summed E-state index contributed by atoms with van der Waals surface area (Å²) in [6, 6.07) is 13.0. The molecule has 1 aromatic heterocycles. The second-order valence-corrected chi connectivity index (χ2v) is 6.92. The lowest BCUT2D eigenvalue weighted by Gasteiger charge is -2.34. The molecule has 0 aliphatic carbocycles. The van der Waals surface area contributed by atoms with Gasteiger partial charge in [-0.1, -0.05) is 18.2 Å². The Hall–Kier alpha value is -2.24. The van der Waals surface area contributed by atoms with Gasteiger partial charge >= 0.3 is 6.18 Å². The number of halogens is 4. The number of hydrogen-bond donors (Lipinski definition) is 1. The molecule has 0 amide bonds. The van der Waals surface area contributed by atoms with E-state index in [0.717, 1.165) is 43.2 Å². The first kappa shape index (κ1) is 25.0. The summed E-state index contributed by atoms with van der Waals surface area (Å²) in [5, 5.41) is 3.25. The number of alkyl halides is 3. The van der Waals surface area contributed by atoms with Crippen LogP contribution in [-0.4, -0.2) is 54.9 Å². The largest absolute Gasteiger partial charge is 0.490 e. The van der Waals surface area contributed by atoms with Gasteiger partial charge in [0.1, 0.15) is 11.9 Å². The van der Waals surface area contributed by atoms with E-state index >= 15 is 0 Å². The van der Waals surface area contributed by atoms with Gasteiger partial charge in [-0.3, -0.25) is 4.99 Å². The van der Waals surface area contributed by atoms with Crippen LogP contribution in [-0.2, 0) is 6.54 Å². The number of pyridine rings is 1. The maximum Gasteiger partial charge on any atom is 0.422 e. The third-order valence-electron chi connectivity index (χ3n) is 4.63. The lowest BCUT2D eigenvalue weighted by Crippen LogP contribution is -2.47. The molecule has 2 heterocycles. The molecule has 0 atom stereocenters. The summed E-state index contributed by atoms with van der Waals surface area (Å²) in [7, 11) is 1.71. The van der Waals surface area contributed by atoms with E-state index in [1.165, 1.54) is 12.3 Å². The van der Waals surface area contributed by atoms with Gasteiger partial charge in [0.25, 0.3) is 0 Å². The quantitative estimate of drug-likeness (QED) is 0.331. The highest BCUT2D eigenvalue weighted by molar-refractivity contribution is 14.0. The van der Waals surface area contributed by atoms with Crippen molar-refractivity contribution in [3.63, 3.8) is 0 Å². The Bertz CT molecular complexity index is 829. The van der Waals surface area contributed by atoms with E-state index in [-0.39, 0.29) is 36.0 Å². The zero-order chi connectivity index (χ0) is 21.4. The van der Waals surface area contributed by atoms with Crippen LogP contribution in [0.4, 0.5) is 13.2 Å². The van der Waals surface area contributed by atoms with Crippen LogP contribution in [0.15, 0.2) is 53.7 Å². The first-order valence-corrected chi connectivity index (χ1v) is 9.75. The molecule has 3 rings (SSSR count). The molecule has 2 aromatic rings. The van der Waals surface area contributed by atoms with Crippen molar-refractivity contribution in [2.75, 3.05) is 26.7 Å². The summed E-state index contributed by atoms with van der Waals surface area (Å²) in [4.78, 5) is 10.3. The highest BCUT2D eigenvalue weighted by Gasteiger charge is 2.28. The zero-order valence-corrected chi connectivity index (χ0v) is 19.5. The zero-order valence-electron chi connectivity index (χ0n) is 17.1. The van der Waals surface area contributed by atoms with Crippen molar-refractivity contribution < 1.29 is 22.6 Å². The number of benzene rings is 1. The lowest BCUT2D eigenvalue weighted by molar-refractivity contribution is -0.154. The molecular formula is C21H26F3IN4O2. The number of aliphatic imine (C=N–C) groups is 1. The van der Waals surface area contributed by atoms with Crippen molar-refractivity contribution in [3.05, 3.63) is 54.2 Å². The molecule has 1 aromatic carbocycles. The number of likely N-dealkylation sites (tertiary alicyclic amines) is 1. The number of hydrogen-bond acceptors (Lipinski definition) is 4. The summed E-state index contributed by atoms with van der Waals surface area (Å²) >= 11 is 0. The van der Waals surface area contributed by atoms with Crippen molar-refractivity contribution >= 4 is 29.9 Å². The van der Waals surface area contributed by atoms with Crippen LogP contribution < -0.4 is 14.8 Å². The van der Waals surface area contributed by atoms with Gasteiger partial charge < -0.3 is 19.7 Å². The van der Waals surface area contributed by atoms with Crippen molar-refractivity contribution in [2.45, 2.75) is 31.7 Å². The van der Waals surface area contributed by atoms with Crippen molar-refractivity contribution in [2.24, 2.45) is 4.99 Å². The molecule has 1 saturated heterocycles. The minimum Gasteiger partial charge on any atom is -0.490 e. The number of nitrogens with one attached hydrogen (secondary N) is 1. The molecule has 0 unspecified atom stereocenters. The van der Waals surface area contributed by atoms with Crippen LogP contribution in [0.2, 0.25) is 0 Å². The minimum absolute atomic E-state index is 0. The highest BCUT2D eigenvalue weighted by atomic mass is 127. The Kier molecular flexibility index (Phi) is 9.66. The standard InChI is InChI=1S/C21H25F3N4O2.HI/c1-25-20(27-14-16-7-10-26-19(13-16)29-15-21(22,23)24)28-11-8-18(9-12-28)30-17-5-3-2-4-6-17;/h2-7,10,13,18H,8-9,11-12,14-15H2,1H3,(H,25,27);1H. The average Bonchev–Trinajstić information content (AvgIpc) is 2.74. The van der Waals surface area contributed by atoms with Gasteiger partial charge in [-0.25, -0.2) is 4.98 Å². The van der Waals surface area contributed by atoms with Gasteiger partial charge in [-0.15, -0.1) is 24.0 Å². The molecule has 10 heteroatoms. The van der Waals surface area contributed by atoms with Crippen molar-refractivity contribution in [1.29, 1.82) is 0 Å². The SMILES string of the molecule is CN=C(NCc1ccnc(OCC(F)(F)F)c1)N1CCC(Oc2ccccc2)CC1.I. The molecule has 0 radical (unpaired) electrons. The Morgan fingerprint density at radius 2 is 1.90 bits per heavy atom. The van der Waals surface area contributed by atoms with Crippen molar-refractivity contribution in [3.8, 4) is 11.6 Å². The van der Waals surface area contributed by atoms with Crippen LogP contribution in [0.1, 0.15) is 18.4 Å². The summed E-state index contributed by atoms with van der Waals surface area (Å²) in [6.07, 6.45) is -1.05. The van der Waals surface area contributed by atoms with Crippen LogP contribution in [0, 0.1) is 0 Å². The van der Waals surface area contributed by atoms with Gasteiger partial charge in [-0.05, 0) is 23.8 Å². The maximum atomic E-state index is 12.3. The van der Waals surface area contributed by atoms with E-state index in [1.54, 1.807) is 13.1 Å². The first-order chi connectivity index (χ1) is 14.4. The maximum absolute atomic E-state index is 12.3. The third-order valence-corrected chi connectivity index (χ3v) is 4.63. The van der Waals surface area contributed by atoms with E-state index in [1.807, 2.05) is 30.3 Å². The fraction of sp³-hybridized carbons (Fsp3) is 0.429. The minimum atomic E-state index is -4.39. The molecule has 1 aliphatic heterocycles. The highest BCUT2D eigenvalue weighted by Crippen LogP contribution is 2.19. The van der Waals surface area contributed by atoms with E-state index in [0.29, 0.717) is 6.54 Å². The number of aromatic nitrogens is 1. The molecule has 1 fully saturated rings. The van der Waals surface area contributed by atoms with Gasteiger partial charge in [0, 0.05) is 51.8 Å². The summed E-state index contributed by atoms with van der Waals surface area (Å²) in [6.45, 7) is 0.636. The average molecular weight is 550 g/mol. The number of piperidine rings is 1. The van der Waals surface area contributed by atoms with Crippen LogP contribution in [0.5, 0.6) is 11.6 Å². The Morgan fingerprint density at radius 1 is 1.19 bits per heavy atom. The van der Waals surface area contributed by atoms with E-state index < -0.39 is 12.8 Å².